The lowest BCUT2D eigenvalue weighted by molar-refractivity contribution is 0.0580. The second-order valence-electron chi connectivity index (χ2n) is 4.49. The molecule has 1 saturated carbocycles. The van der Waals surface area contributed by atoms with Gasteiger partial charge in [0.15, 0.2) is 0 Å². The van der Waals surface area contributed by atoms with Crippen LogP contribution in [0.3, 0.4) is 0 Å². The van der Waals surface area contributed by atoms with Crippen LogP contribution in [-0.4, -0.2) is 40.3 Å². The van der Waals surface area contributed by atoms with Crippen molar-refractivity contribution >= 4 is 5.91 Å². The van der Waals surface area contributed by atoms with Crippen LogP contribution in [0.2, 0.25) is 0 Å². The summed E-state index contributed by atoms with van der Waals surface area (Å²) in [5.74, 6) is 0.677. The van der Waals surface area contributed by atoms with Crippen molar-refractivity contribution in [1.82, 2.24) is 20.5 Å². The summed E-state index contributed by atoms with van der Waals surface area (Å²) in [6.07, 6.45) is 5.94. The van der Waals surface area contributed by atoms with Gasteiger partial charge >= 0.3 is 0 Å². The predicted octanol–water partition coefficient (Wildman–Crippen LogP) is 1.06. The fraction of sp³-hybridized carbons (Fsp3) is 0.750. The van der Waals surface area contributed by atoms with Crippen LogP contribution in [0.1, 0.15) is 49.1 Å². The summed E-state index contributed by atoms with van der Waals surface area (Å²) in [6, 6.07) is 0. The zero-order chi connectivity index (χ0) is 12.8. The van der Waals surface area contributed by atoms with E-state index in [2.05, 4.69) is 20.5 Å². The summed E-state index contributed by atoms with van der Waals surface area (Å²) in [6.45, 7) is 3.02. The van der Waals surface area contributed by atoms with E-state index < -0.39 is 0 Å². The van der Waals surface area contributed by atoms with Crippen LogP contribution in [-0.2, 0) is 11.2 Å². The molecule has 100 valence electrons. The van der Waals surface area contributed by atoms with Gasteiger partial charge in [-0.1, -0.05) is 19.8 Å². The molecule has 1 fully saturated rings. The molecule has 1 aromatic heterocycles. The summed E-state index contributed by atoms with van der Waals surface area (Å²) in [5, 5.41) is 9.32. The molecule has 6 heteroatoms. The average Bonchev–Trinajstić information content (AvgIpc) is 3.05. The molecule has 1 aliphatic carbocycles. The van der Waals surface area contributed by atoms with Gasteiger partial charge in [-0.3, -0.25) is 9.89 Å². The van der Waals surface area contributed by atoms with Crippen LogP contribution in [0.5, 0.6) is 0 Å². The van der Waals surface area contributed by atoms with Gasteiger partial charge in [0.25, 0.3) is 5.91 Å². The first-order chi connectivity index (χ1) is 8.79. The predicted molar refractivity (Wildman–Crippen MR) is 66.3 cm³/mol. The van der Waals surface area contributed by atoms with E-state index in [0.717, 1.165) is 25.1 Å². The van der Waals surface area contributed by atoms with Crippen LogP contribution in [0, 0.1) is 0 Å². The average molecular weight is 252 g/mol. The number of carbonyl (C=O) groups excluding carboxylic acids is 1. The van der Waals surface area contributed by atoms with Crippen LogP contribution in [0.25, 0.3) is 0 Å². The maximum Gasteiger partial charge on any atom is 0.291 e. The molecule has 0 saturated heterocycles. The number of rotatable bonds is 6. The summed E-state index contributed by atoms with van der Waals surface area (Å²) in [5.41, 5.74) is 0. The van der Waals surface area contributed by atoms with E-state index in [-0.39, 0.29) is 11.7 Å². The number of nitrogens with zero attached hydrogens (tertiary/aromatic N) is 2. The van der Waals surface area contributed by atoms with E-state index in [4.69, 9.17) is 4.74 Å². The Kier molecular flexibility index (Phi) is 4.69. The number of aryl methyl sites for hydroxylation is 1. The molecule has 1 heterocycles. The third-order valence-corrected chi connectivity index (χ3v) is 3.11. The van der Waals surface area contributed by atoms with Gasteiger partial charge in [-0.25, -0.2) is 4.98 Å². The lowest BCUT2D eigenvalue weighted by Crippen LogP contribution is -2.29. The van der Waals surface area contributed by atoms with Gasteiger partial charge in [0, 0.05) is 13.0 Å². The number of H-pyrrole nitrogens is 1. The SMILES string of the molecule is CCc1nc(C(=O)NCCOC2CCCC2)n[nH]1. The van der Waals surface area contributed by atoms with Crippen molar-refractivity contribution in [2.75, 3.05) is 13.2 Å². The molecule has 0 unspecified atom stereocenters. The van der Waals surface area contributed by atoms with Crippen LogP contribution in [0.4, 0.5) is 0 Å². The zero-order valence-corrected chi connectivity index (χ0v) is 10.7. The Morgan fingerprint density at radius 1 is 1.50 bits per heavy atom. The van der Waals surface area contributed by atoms with Crippen molar-refractivity contribution in [2.24, 2.45) is 0 Å². The normalized spacial score (nSPS) is 16.1. The summed E-state index contributed by atoms with van der Waals surface area (Å²) in [4.78, 5) is 15.7. The van der Waals surface area contributed by atoms with E-state index in [1.165, 1.54) is 12.8 Å². The van der Waals surface area contributed by atoms with Gasteiger partial charge in [-0.05, 0) is 12.8 Å². The number of nitrogens with one attached hydrogen (secondary N) is 2. The Hall–Kier alpha value is -1.43. The van der Waals surface area contributed by atoms with Gasteiger partial charge in [0.1, 0.15) is 5.82 Å². The highest BCUT2D eigenvalue weighted by Gasteiger charge is 2.15. The molecule has 18 heavy (non-hydrogen) atoms. The number of aromatic amines is 1. The number of carbonyl (C=O) groups is 1. The molecule has 2 N–H and O–H groups in total. The third kappa shape index (κ3) is 3.53. The van der Waals surface area contributed by atoms with Gasteiger partial charge in [0.05, 0.1) is 12.7 Å². The summed E-state index contributed by atoms with van der Waals surface area (Å²) >= 11 is 0. The monoisotopic (exact) mass is 252 g/mol. The molecule has 0 aromatic carbocycles. The Morgan fingerprint density at radius 2 is 2.28 bits per heavy atom. The molecule has 1 amide bonds. The fourth-order valence-electron chi connectivity index (χ4n) is 2.08. The Balaban J connectivity index is 1.65. The maximum absolute atomic E-state index is 11.7. The largest absolute Gasteiger partial charge is 0.376 e. The highest BCUT2D eigenvalue weighted by Crippen LogP contribution is 2.20. The molecule has 6 nitrogen and oxygen atoms in total. The summed E-state index contributed by atoms with van der Waals surface area (Å²) < 4.78 is 5.65. The lowest BCUT2D eigenvalue weighted by atomic mass is 10.3. The Bertz CT molecular complexity index is 385. The zero-order valence-electron chi connectivity index (χ0n) is 10.7. The molecule has 0 aliphatic heterocycles. The molecule has 0 radical (unpaired) electrons. The smallest absolute Gasteiger partial charge is 0.291 e. The fourth-order valence-corrected chi connectivity index (χ4v) is 2.08. The first-order valence-electron chi connectivity index (χ1n) is 6.60. The number of hydrogen-bond donors (Lipinski definition) is 2. The quantitative estimate of drug-likeness (QED) is 0.742. The van der Waals surface area contributed by atoms with E-state index in [9.17, 15) is 4.79 Å². The number of hydrogen-bond acceptors (Lipinski definition) is 4. The van der Waals surface area contributed by atoms with E-state index in [1.807, 2.05) is 6.92 Å². The number of amides is 1. The van der Waals surface area contributed by atoms with Crippen LogP contribution >= 0.6 is 0 Å². The minimum atomic E-state index is -0.249. The Labute approximate surface area is 107 Å². The molecule has 0 bridgehead atoms. The molecular weight excluding hydrogens is 232 g/mol. The van der Waals surface area contributed by atoms with Crippen LogP contribution < -0.4 is 5.32 Å². The molecule has 0 spiro atoms. The molecule has 0 atom stereocenters. The topological polar surface area (TPSA) is 79.9 Å². The van der Waals surface area contributed by atoms with Gasteiger partial charge in [0.2, 0.25) is 5.82 Å². The second-order valence-corrected chi connectivity index (χ2v) is 4.49. The highest BCUT2D eigenvalue weighted by molar-refractivity contribution is 5.90. The van der Waals surface area contributed by atoms with Gasteiger partial charge < -0.3 is 10.1 Å². The minimum absolute atomic E-state index is 0.202. The van der Waals surface area contributed by atoms with Gasteiger partial charge in [-0.15, -0.1) is 5.10 Å². The van der Waals surface area contributed by atoms with Crippen molar-refractivity contribution < 1.29 is 9.53 Å². The van der Waals surface area contributed by atoms with E-state index in [1.54, 1.807) is 0 Å². The second kappa shape index (κ2) is 6.49. The number of ether oxygens (including phenoxy) is 1. The summed E-state index contributed by atoms with van der Waals surface area (Å²) in [7, 11) is 0. The third-order valence-electron chi connectivity index (χ3n) is 3.11. The minimum Gasteiger partial charge on any atom is -0.376 e. The standard InChI is InChI=1S/C12H20N4O2/c1-2-10-14-11(16-15-10)12(17)13-7-8-18-9-5-3-4-6-9/h9H,2-8H2,1H3,(H,13,17)(H,14,15,16). The van der Waals surface area contributed by atoms with E-state index in [0.29, 0.717) is 19.3 Å². The van der Waals surface area contributed by atoms with Crippen molar-refractivity contribution in [3.63, 3.8) is 0 Å². The van der Waals surface area contributed by atoms with Crippen molar-refractivity contribution in [2.45, 2.75) is 45.1 Å². The van der Waals surface area contributed by atoms with Gasteiger partial charge in [-0.2, -0.15) is 0 Å². The van der Waals surface area contributed by atoms with Crippen LogP contribution in [0.15, 0.2) is 0 Å². The van der Waals surface area contributed by atoms with Crippen molar-refractivity contribution in [1.29, 1.82) is 0 Å². The first-order valence-corrected chi connectivity index (χ1v) is 6.60. The first kappa shape index (κ1) is 13.0. The molecular formula is C12H20N4O2. The highest BCUT2D eigenvalue weighted by atomic mass is 16.5. The molecule has 1 aromatic rings. The maximum atomic E-state index is 11.7. The molecule has 1 aliphatic rings. The Morgan fingerprint density at radius 3 is 2.94 bits per heavy atom. The lowest BCUT2D eigenvalue weighted by Gasteiger charge is -2.10. The molecule has 2 rings (SSSR count). The van der Waals surface area contributed by atoms with Crippen molar-refractivity contribution in [3.05, 3.63) is 11.6 Å². The van der Waals surface area contributed by atoms with E-state index >= 15 is 0 Å². The number of aromatic nitrogens is 3. The van der Waals surface area contributed by atoms with Crippen molar-refractivity contribution in [3.8, 4) is 0 Å².